The molecule has 0 aromatic carbocycles. The number of rotatable bonds is 8. The van der Waals surface area contributed by atoms with Crippen LogP contribution in [0.1, 0.15) is 65.2 Å². The molecule has 1 aliphatic carbocycles. The first-order chi connectivity index (χ1) is 7.34. The summed E-state index contributed by atoms with van der Waals surface area (Å²) in [5.74, 6) is 0.787. The highest BCUT2D eigenvalue weighted by Crippen LogP contribution is 2.23. The highest BCUT2D eigenvalue weighted by atomic mass is 14.1. The predicted molar refractivity (Wildman–Crippen MR) is 69.0 cm³/mol. The van der Waals surface area contributed by atoms with Crippen molar-refractivity contribution in [1.29, 1.82) is 0 Å². The smallest absolute Gasteiger partial charge is 0.0160 e. The summed E-state index contributed by atoms with van der Waals surface area (Å²) in [5.41, 5.74) is 1.57. The molecule has 0 bridgehead atoms. The van der Waals surface area contributed by atoms with Crippen molar-refractivity contribution in [2.75, 3.05) is 0 Å². The molecule has 86 valence electrons. The fourth-order valence-electron chi connectivity index (χ4n) is 2.24. The van der Waals surface area contributed by atoms with Crippen molar-refractivity contribution in [3.63, 3.8) is 0 Å². The normalized spacial score (nSPS) is 16.8. The van der Waals surface area contributed by atoms with E-state index in [1.54, 1.807) is 5.57 Å². The maximum atomic E-state index is 2.38. The van der Waals surface area contributed by atoms with Gasteiger partial charge in [0.1, 0.15) is 0 Å². The van der Waals surface area contributed by atoms with Crippen LogP contribution in [-0.2, 0) is 0 Å². The lowest BCUT2D eigenvalue weighted by molar-refractivity contribution is 0.534. The number of hydrogen-bond acceptors (Lipinski definition) is 0. The molecule has 1 rings (SSSR count). The molecule has 15 heavy (non-hydrogen) atoms. The van der Waals surface area contributed by atoms with Gasteiger partial charge in [0.25, 0.3) is 0 Å². The zero-order valence-corrected chi connectivity index (χ0v) is 10.5. The average Bonchev–Trinajstić information content (AvgIpc) is 2.76. The lowest BCUT2D eigenvalue weighted by Gasteiger charge is -2.10. The monoisotopic (exact) mass is 206 g/mol. The van der Waals surface area contributed by atoms with Gasteiger partial charge in [0, 0.05) is 0 Å². The van der Waals surface area contributed by atoms with Crippen LogP contribution >= 0.6 is 0 Å². The van der Waals surface area contributed by atoms with Gasteiger partial charge in [-0.05, 0) is 24.3 Å². The summed E-state index contributed by atoms with van der Waals surface area (Å²) in [5, 5.41) is 0. The van der Waals surface area contributed by atoms with Crippen LogP contribution in [0.5, 0.6) is 0 Å². The molecule has 1 aliphatic rings. The molecule has 0 saturated carbocycles. The minimum Gasteiger partial charge on any atom is -0.0805 e. The summed E-state index contributed by atoms with van der Waals surface area (Å²) < 4.78 is 0. The second kappa shape index (κ2) is 7.73. The molecule has 0 aliphatic heterocycles. The molecule has 0 nitrogen and oxygen atoms in total. The number of allylic oxidation sites excluding steroid dienone is 4. The standard InChI is InChI=1S/C15H26/c1-3-4-5-6-7-8-11-14(2)15-12-9-10-13-15/h9,12-14H,3-8,10-11H2,1-2H3. The minimum absolute atomic E-state index is 0.787. The second-order valence-electron chi connectivity index (χ2n) is 4.80. The molecule has 0 aromatic rings. The first-order valence-corrected chi connectivity index (χ1v) is 6.71. The van der Waals surface area contributed by atoms with Gasteiger partial charge in [-0.15, -0.1) is 0 Å². The lowest BCUT2D eigenvalue weighted by Crippen LogP contribution is -1.96. The molecule has 0 N–H and O–H groups in total. The van der Waals surface area contributed by atoms with Gasteiger partial charge in [0.15, 0.2) is 0 Å². The molecular formula is C15H26. The van der Waals surface area contributed by atoms with Crippen LogP contribution in [0.3, 0.4) is 0 Å². The van der Waals surface area contributed by atoms with Gasteiger partial charge in [-0.3, -0.25) is 0 Å². The third kappa shape index (κ3) is 5.20. The number of unbranched alkanes of at least 4 members (excludes halogenated alkanes) is 5. The molecule has 0 heterocycles. The van der Waals surface area contributed by atoms with Crippen molar-refractivity contribution in [3.8, 4) is 0 Å². The van der Waals surface area contributed by atoms with Crippen molar-refractivity contribution in [2.24, 2.45) is 5.92 Å². The first kappa shape index (κ1) is 12.5. The Hall–Kier alpha value is -0.520. The molecule has 0 aromatic heterocycles. The molecule has 1 atom stereocenters. The fourth-order valence-corrected chi connectivity index (χ4v) is 2.24. The Morgan fingerprint density at radius 2 is 1.87 bits per heavy atom. The SMILES string of the molecule is CCCCCCCCC(C)C1=CCC=C1. The zero-order chi connectivity index (χ0) is 10.9. The van der Waals surface area contributed by atoms with Gasteiger partial charge in [0.05, 0.1) is 0 Å². The van der Waals surface area contributed by atoms with Gasteiger partial charge in [-0.2, -0.15) is 0 Å². The quantitative estimate of drug-likeness (QED) is 0.475. The van der Waals surface area contributed by atoms with E-state index < -0.39 is 0 Å². The maximum absolute atomic E-state index is 2.38. The third-order valence-corrected chi connectivity index (χ3v) is 3.36. The van der Waals surface area contributed by atoms with Crippen LogP contribution in [0.25, 0.3) is 0 Å². The van der Waals surface area contributed by atoms with Crippen LogP contribution in [0.2, 0.25) is 0 Å². The second-order valence-corrected chi connectivity index (χ2v) is 4.80. The van der Waals surface area contributed by atoms with Crippen molar-refractivity contribution in [1.82, 2.24) is 0 Å². The summed E-state index contributed by atoms with van der Waals surface area (Å²) in [6, 6.07) is 0. The lowest BCUT2D eigenvalue weighted by atomic mass is 9.95. The molecule has 1 unspecified atom stereocenters. The van der Waals surface area contributed by atoms with E-state index in [9.17, 15) is 0 Å². The van der Waals surface area contributed by atoms with E-state index in [0.29, 0.717) is 0 Å². The summed E-state index contributed by atoms with van der Waals surface area (Å²) in [4.78, 5) is 0. The highest BCUT2D eigenvalue weighted by Gasteiger charge is 2.07. The molecular weight excluding hydrogens is 180 g/mol. The van der Waals surface area contributed by atoms with Gasteiger partial charge in [-0.1, -0.05) is 70.6 Å². The third-order valence-electron chi connectivity index (χ3n) is 3.36. The van der Waals surface area contributed by atoms with E-state index in [1.165, 1.54) is 44.9 Å². The predicted octanol–water partition coefficient (Wildman–Crippen LogP) is 5.26. The van der Waals surface area contributed by atoms with Crippen molar-refractivity contribution in [3.05, 3.63) is 23.8 Å². The Balaban J connectivity index is 1.97. The van der Waals surface area contributed by atoms with Crippen LogP contribution < -0.4 is 0 Å². The summed E-state index contributed by atoms with van der Waals surface area (Å²) in [6.07, 6.45) is 18.0. The largest absolute Gasteiger partial charge is 0.0805 e. The van der Waals surface area contributed by atoms with Crippen molar-refractivity contribution in [2.45, 2.75) is 65.2 Å². The Labute approximate surface area is 95.5 Å². The molecule has 0 fully saturated rings. The van der Waals surface area contributed by atoms with Gasteiger partial charge >= 0.3 is 0 Å². The Kier molecular flexibility index (Phi) is 6.47. The summed E-state index contributed by atoms with van der Waals surface area (Å²) >= 11 is 0. The summed E-state index contributed by atoms with van der Waals surface area (Å²) in [7, 11) is 0. The topological polar surface area (TPSA) is 0 Å². The molecule has 0 heteroatoms. The van der Waals surface area contributed by atoms with Crippen molar-refractivity contribution < 1.29 is 0 Å². The van der Waals surface area contributed by atoms with Crippen LogP contribution in [0.15, 0.2) is 23.8 Å². The summed E-state index contributed by atoms with van der Waals surface area (Å²) in [6.45, 7) is 4.65. The van der Waals surface area contributed by atoms with E-state index in [0.717, 1.165) is 12.3 Å². The van der Waals surface area contributed by atoms with E-state index in [2.05, 4.69) is 32.1 Å². The minimum atomic E-state index is 0.787. The van der Waals surface area contributed by atoms with Crippen LogP contribution in [0, 0.1) is 5.92 Å². The molecule has 0 spiro atoms. The van der Waals surface area contributed by atoms with E-state index in [4.69, 9.17) is 0 Å². The molecule has 0 amide bonds. The van der Waals surface area contributed by atoms with Crippen molar-refractivity contribution >= 4 is 0 Å². The Morgan fingerprint density at radius 1 is 1.13 bits per heavy atom. The van der Waals surface area contributed by atoms with Gasteiger partial charge in [-0.25, -0.2) is 0 Å². The Bertz CT molecular complexity index is 210. The average molecular weight is 206 g/mol. The van der Waals surface area contributed by atoms with E-state index in [-0.39, 0.29) is 0 Å². The van der Waals surface area contributed by atoms with E-state index >= 15 is 0 Å². The first-order valence-electron chi connectivity index (χ1n) is 6.71. The zero-order valence-electron chi connectivity index (χ0n) is 10.5. The molecule has 0 radical (unpaired) electrons. The fraction of sp³-hybridized carbons (Fsp3) is 0.733. The van der Waals surface area contributed by atoms with Crippen LogP contribution in [-0.4, -0.2) is 0 Å². The Morgan fingerprint density at radius 3 is 2.53 bits per heavy atom. The van der Waals surface area contributed by atoms with E-state index in [1.807, 2.05) is 0 Å². The maximum Gasteiger partial charge on any atom is -0.0160 e. The van der Waals surface area contributed by atoms with Crippen LogP contribution in [0.4, 0.5) is 0 Å². The van der Waals surface area contributed by atoms with Gasteiger partial charge in [0.2, 0.25) is 0 Å². The van der Waals surface area contributed by atoms with Gasteiger partial charge < -0.3 is 0 Å². The number of hydrogen-bond donors (Lipinski definition) is 0. The highest BCUT2D eigenvalue weighted by molar-refractivity contribution is 5.27. The molecule has 0 saturated heterocycles.